The van der Waals surface area contributed by atoms with Crippen molar-refractivity contribution in [1.82, 2.24) is 4.90 Å². The van der Waals surface area contributed by atoms with Crippen LogP contribution in [0.5, 0.6) is 0 Å². The number of hydrogen-bond acceptors (Lipinski definition) is 1. The molecule has 1 saturated heterocycles. The van der Waals surface area contributed by atoms with E-state index in [-0.39, 0.29) is 0 Å². The Balaban J connectivity index is 1.90. The van der Waals surface area contributed by atoms with Crippen LogP contribution in [-0.4, -0.2) is 18.0 Å². The first-order valence-corrected chi connectivity index (χ1v) is 6.95. The monoisotopic (exact) mass is 313 g/mol. The Morgan fingerprint density at radius 3 is 2.80 bits per heavy atom. The molecular formula is C13H16IN. The van der Waals surface area contributed by atoms with Crippen LogP contribution in [0.25, 0.3) is 0 Å². The summed E-state index contributed by atoms with van der Waals surface area (Å²) in [6.45, 7) is 2.63. The van der Waals surface area contributed by atoms with E-state index in [1.54, 1.807) is 11.1 Å². The summed E-state index contributed by atoms with van der Waals surface area (Å²) in [7, 11) is 0. The summed E-state index contributed by atoms with van der Waals surface area (Å²) in [6, 6.07) is 7.71. The minimum absolute atomic E-state index is 0.736. The van der Waals surface area contributed by atoms with E-state index in [9.17, 15) is 0 Å². The van der Waals surface area contributed by atoms with Crippen LogP contribution in [0, 0.1) is 3.57 Å². The zero-order chi connectivity index (χ0) is 10.3. The predicted molar refractivity (Wildman–Crippen MR) is 71.0 cm³/mol. The fourth-order valence-electron chi connectivity index (χ4n) is 3.00. The zero-order valence-corrected chi connectivity index (χ0v) is 11.0. The molecule has 0 radical (unpaired) electrons. The van der Waals surface area contributed by atoms with Crippen molar-refractivity contribution < 1.29 is 0 Å². The Labute approximate surface area is 105 Å². The highest BCUT2D eigenvalue weighted by atomic mass is 127. The molecule has 1 unspecified atom stereocenters. The highest BCUT2D eigenvalue weighted by Gasteiger charge is 2.29. The van der Waals surface area contributed by atoms with E-state index in [1.165, 1.54) is 42.3 Å². The SMILES string of the molecule is Ic1ccc2c(c1)CCC2N1CCCC1. The summed E-state index contributed by atoms with van der Waals surface area (Å²) >= 11 is 2.41. The number of aryl methyl sites for hydroxylation is 1. The molecule has 1 fully saturated rings. The van der Waals surface area contributed by atoms with Gasteiger partial charge in [-0.05, 0) is 84.6 Å². The van der Waals surface area contributed by atoms with Gasteiger partial charge in [0.05, 0.1) is 0 Å². The van der Waals surface area contributed by atoms with E-state index in [0.717, 1.165) is 6.04 Å². The Morgan fingerprint density at radius 1 is 1.20 bits per heavy atom. The third-order valence-electron chi connectivity index (χ3n) is 3.73. The number of halogens is 1. The molecule has 0 bridgehead atoms. The number of likely N-dealkylation sites (tertiary alicyclic amines) is 1. The molecule has 1 atom stereocenters. The smallest absolute Gasteiger partial charge is 0.0354 e. The van der Waals surface area contributed by atoms with Crippen LogP contribution in [-0.2, 0) is 6.42 Å². The zero-order valence-electron chi connectivity index (χ0n) is 8.88. The van der Waals surface area contributed by atoms with Crippen molar-refractivity contribution in [2.75, 3.05) is 13.1 Å². The predicted octanol–water partition coefficient (Wildman–Crippen LogP) is 3.37. The second kappa shape index (κ2) is 4.06. The summed E-state index contributed by atoms with van der Waals surface area (Å²) in [5.41, 5.74) is 3.20. The van der Waals surface area contributed by atoms with Gasteiger partial charge in [0.1, 0.15) is 0 Å². The number of rotatable bonds is 1. The number of fused-ring (bicyclic) bond motifs is 1. The first-order chi connectivity index (χ1) is 7.34. The Kier molecular flexibility index (Phi) is 2.73. The maximum Gasteiger partial charge on any atom is 0.0354 e. The van der Waals surface area contributed by atoms with E-state index in [2.05, 4.69) is 45.7 Å². The molecule has 0 aromatic heterocycles. The van der Waals surface area contributed by atoms with Crippen molar-refractivity contribution in [3.63, 3.8) is 0 Å². The largest absolute Gasteiger partial charge is 0.296 e. The molecule has 1 aliphatic carbocycles. The molecule has 0 spiro atoms. The topological polar surface area (TPSA) is 3.24 Å². The lowest BCUT2D eigenvalue weighted by molar-refractivity contribution is 0.245. The molecule has 0 saturated carbocycles. The van der Waals surface area contributed by atoms with Gasteiger partial charge in [-0.25, -0.2) is 0 Å². The van der Waals surface area contributed by atoms with E-state index >= 15 is 0 Å². The van der Waals surface area contributed by atoms with Gasteiger partial charge in [-0.1, -0.05) is 6.07 Å². The van der Waals surface area contributed by atoms with E-state index in [1.807, 2.05) is 0 Å². The van der Waals surface area contributed by atoms with Crippen molar-refractivity contribution in [2.24, 2.45) is 0 Å². The summed E-state index contributed by atoms with van der Waals surface area (Å²) in [5, 5.41) is 0. The van der Waals surface area contributed by atoms with Crippen LogP contribution in [0.15, 0.2) is 18.2 Å². The molecule has 1 aromatic rings. The number of hydrogen-bond donors (Lipinski definition) is 0. The van der Waals surface area contributed by atoms with Gasteiger partial charge >= 0.3 is 0 Å². The highest BCUT2D eigenvalue weighted by molar-refractivity contribution is 14.1. The molecule has 1 aliphatic heterocycles. The molecule has 0 amide bonds. The van der Waals surface area contributed by atoms with Crippen LogP contribution in [0.3, 0.4) is 0 Å². The van der Waals surface area contributed by atoms with Crippen molar-refractivity contribution in [2.45, 2.75) is 31.7 Å². The van der Waals surface area contributed by atoms with Crippen molar-refractivity contribution >= 4 is 22.6 Å². The lowest BCUT2D eigenvalue weighted by atomic mass is 10.1. The second-order valence-electron chi connectivity index (χ2n) is 4.64. The third-order valence-corrected chi connectivity index (χ3v) is 4.40. The minimum Gasteiger partial charge on any atom is -0.296 e. The Bertz CT molecular complexity index is 369. The van der Waals surface area contributed by atoms with Gasteiger partial charge in [-0.3, -0.25) is 4.90 Å². The number of benzene rings is 1. The van der Waals surface area contributed by atoms with Gasteiger partial charge in [0.2, 0.25) is 0 Å². The summed E-state index contributed by atoms with van der Waals surface area (Å²) in [6.07, 6.45) is 5.43. The maximum atomic E-state index is 2.68. The molecular weight excluding hydrogens is 297 g/mol. The van der Waals surface area contributed by atoms with E-state index in [0.29, 0.717) is 0 Å². The van der Waals surface area contributed by atoms with E-state index < -0.39 is 0 Å². The van der Waals surface area contributed by atoms with Crippen LogP contribution in [0.4, 0.5) is 0 Å². The van der Waals surface area contributed by atoms with Gasteiger partial charge in [0.15, 0.2) is 0 Å². The fourth-order valence-corrected chi connectivity index (χ4v) is 3.55. The lowest BCUT2D eigenvalue weighted by Gasteiger charge is -2.24. The quantitative estimate of drug-likeness (QED) is 0.719. The summed E-state index contributed by atoms with van der Waals surface area (Å²) in [4.78, 5) is 2.68. The molecule has 1 aromatic carbocycles. The van der Waals surface area contributed by atoms with Gasteiger partial charge in [0, 0.05) is 9.61 Å². The van der Waals surface area contributed by atoms with Gasteiger partial charge in [-0.2, -0.15) is 0 Å². The lowest BCUT2D eigenvalue weighted by Crippen LogP contribution is -2.23. The van der Waals surface area contributed by atoms with E-state index in [4.69, 9.17) is 0 Å². The first-order valence-electron chi connectivity index (χ1n) is 5.87. The molecule has 2 aliphatic rings. The maximum absolute atomic E-state index is 2.68. The third kappa shape index (κ3) is 1.82. The van der Waals surface area contributed by atoms with Crippen molar-refractivity contribution in [3.8, 4) is 0 Å². The molecule has 1 nitrogen and oxygen atoms in total. The molecule has 80 valence electrons. The molecule has 2 heteroatoms. The molecule has 0 N–H and O–H groups in total. The van der Waals surface area contributed by atoms with Crippen LogP contribution in [0.1, 0.15) is 36.4 Å². The fraction of sp³-hybridized carbons (Fsp3) is 0.538. The molecule has 15 heavy (non-hydrogen) atoms. The average Bonchev–Trinajstić information content (AvgIpc) is 2.82. The average molecular weight is 313 g/mol. The summed E-state index contributed by atoms with van der Waals surface area (Å²) < 4.78 is 1.38. The van der Waals surface area contributed by atoms with Gasteiger partial charge < -0.3 is 0 Å². The van der Waals surface area contributed by atoms with Gasteiger partial charge in [-0.15, -0.1) is 0 Å². The highest BCUT2D eigenvalue weighted by Crippen LogP contribution is 2.37. The van der Waals surface area contributed by atoms with Crippen molar-refractivity contribution in [3.05, 3.63) is 32.9 Å². The normalized spacial score (nSPS) is 25.8. The standard InChI is InChI=1S/C13H16IN/c14-11-4-5-12-10(9-11)3-6-13(12)15-7-1-2-8-15/h4-5,9,13H,1-3,6-8H2. The summed E-state index contributed by atoms with van der Waals surface area (Å²) in [5.74, 6) is 0. The van der Waals surface area contributed by atoms with Crippen LogP contribution < -0.4 is 0 Å². The minimum atomic E-state index is 0.736. The molecule has 1 heterocycles. The Morgan fingerprint density at radius 2 is 2.00 bits per heavy atom. The van der Waals surface area contributed by atoms with Gasteiger partial charge in [0.25, 0.3) is 0 Å². The molecule has 3 rings (SSSR count). The first kappa shape index (κ1) is 10.1. The number of nitrogens with zero attached hydrogens (tertiary/aromatic N) is 1. The Hall–Kier alpha value is -0.0900. The second-order valence-corrected chi connectivity index (χ2v) is 5.89. The van der Waals surface area contributed by atoms with Crippen molar-refractivity contribution in [1.29, 1.82) is 0 Å². The van der Waals surface area contributed by atoms with Crippen LogP contribution in [0.2, 0.25) is 0 Å². The van der Waals surface area contributed by atoms with Crippen LogP contribution >= 0.6 is 22.6 Å².